The average molecular weight is 257 g/mol. The molecule has 102 valence electrons. The predicted molar refractivity (Wildman–Crippen MR) is 77.4 cm³/mol. The summed E-state index contributed by atoms with van der Waals surface area (Å²) in [4.78, 5) is 12.7. The van der Waals surface area contributed by atoms with Gasteiger partial charge in [0.05, 0.1) is 5.54 Å². The van der Waals surface area contributed by atoms with Gasteiger partial charge in [0.2, 0.25) is 0 Å². The van der Waals surface area contributed by atoms with Crippen LogP contribution in [0, 0.1) is 0 Å². The monoisotopic (exact) mass is 257 g/mol. The number of benzene rings is 1. The zero-order chi connectivity index (χ0) is 13.3. The molecule has 3 rings (SSSR count). The fourth-order valence-electron chi connectivity index (χ4n) is 3.57. The van der Waals surface area contributed by atoms with Crippen molar-refractivity contribution >= 4 is 5.78 Å². The van der Waals surface area contributed by atoms with Crippen LogP contribution in [-0.2, 0) is 12.8 Å². The summed E-state index contributed by atoms with van der Waals surface area (Å²) in [5.41, 5.74) is 9.40. The van der Waals surface area contributed by atoms with E-state index in [4.69, 9.17) is 5.73 Å². The van der Waals surface area contributed by atoms with Gasteiger partial charge in [0.25, 0.3) is 0 Å². The third-order valence-corrected chi connectivity index (χ3v) is 4.81. The van der Waals surface area contributed by atoms with Gasteiger partial charge in [-0.3, -0.25) is 4.79 Å². The van der Waals surface area contributed by atoms with Gasteiger partial charge in [-0.1, -0.05) is 31.4 Å². The van der Waals surface area contributed by atoms with E-state index in [9.17, 15) is 4.79 Å². The molecule has 1 aromatic rings. The Bertz CT molecular complexity index is 486. The van der Waals surface area contributed by atoms with Crippen molar-refractivity contribution < 1.29 is 4.79 Å². The molecule has 2 aliphatic rings. The molecule has 2 aliphatic carbocycles. The van der Waals surface area contributed by atoms with Crippen molar-refractivity contribution in [3.8, 4) is 0 Å². The Balaban J connectivity index is 1.87. The summed E-state index contributed by atoms with van der Waals surface area (Å²) in [5, 5.41) is 0. The molecule has 2 nitrogen and oxygen atoms in total. The Kier molecular flexibility index (Phi) is 3.44. The van der Waals surface area contributed by atoms with Crippen LogP contribution in [0.4, 0.5) is 0 Å². The number of hydrogen-bond donors (Lipinski definition) is 1. The van der Waals surface area contributed by atoms with Gasteiger partial charge in [-0.05, 0) is 55.7 Å². The lowest BCUT2D eigenvalue weighted by Gasteiger charge is -2.32. The van der Waals surface area contributed by atoms with Crippen LogP contribution >= 0.6 is 0 Å². The van der Waals surface area contributed by atoms with Crippen LogP contribution < -0.4 is 5.73 Å². The third-order valence-electron chi connectivity index (χ3n) is 4.81. The normalized spacial score (nSPS) is 21.7. The van der Waals surface area contributed by atoms with Crippen molar-refractivity contribution in [1.29, 1.82) is 0 Å². The second-order valence-electron chi connectivity index (χ2n) is 6.24. The molecular formula is C17H23NO. The molecule has 0 heterocycles. The molecule has 1 saturated carbocycles. The largest absolute Gasteiger partial charge is 0.319 e. The number of hydrogen-bond acceptors (Lipinski definition) is 2. The maximum absolute atomic E-state index is 12.7. The Morgan fingerprint density at radius 2 is 1.63 bits per heavy atom. The first kappa shape index (κ1) is 12.9. The standard InChI is InChI=1S/C17H23NO/c18-17(10-4-1-5-11-17)16(19)15-9-8-13-6-2-3-7-14(13)12-15/h8-9,12H,1-7,10-11,18H2. The summed E-state index contributed by atoms with van der Waals surface area (Å²) >= 11 is 0. The van der Waals surface area contributed by atoms with Crippen LogP contribution in [-0.4, -0.2) is 11.3 Å². The number of nitrogens with two attached hydrogens (primary N) is 1. The van der Waals surface area contributed by atoms with Crippen molar-refractivity contribution in [2.24, 2.45) is 5.73 Å². The smallest absolute Gasteiger partial charge is 0.182 e. The van der Waals surface area contributed by atoms with E-state index in [1.165, 1.54) is 30.4 Å². The summed E-state index contributed by atoms with van der Waals surface area (Å²) in [6.45, 7) is 0. The first-order valence-electron chi connectivity index (χ1n) is 7.65. The minimum atomic E-state index is -0.596. The molecule has 19 heavy (non-hydrogen) atoms. The molecule has 2 heteroatoms. The van der Waals surface area contributed by atoms with Gasteiger partial charge >= 0.3 is 0 Å². The number of aryl methyl sites for hydroxylation is 2. The molecule has 0 aliphatic heterocycles. The van der Waals surface area contributed by atoms with E-state index in [-0.39, 0.29) is 5.78 Å². The van der Waals surface area contributed by atoms with Gasteiger partial charge in [-0.2, -0.15) is 0 Å². The zero-order valence-corrected chi connectivity index (χ0v) is 11.6. The average Bonchev–Trinajstić information content (AvgIpc) is 2.47. The maximum Gasteiger partial charge on any atom is 0.182 e. The van der Waals surface area contributed by atoms with E-state index < -0.39 is 5.54 Å². The Labute approximate surface area is 115 Å². The molecule has 0 radical (unpaired) electrons. The lowest BCUT2D eigenvalue weighted by Crippen LogP contribution is -2.49. The van der Waals surface area contributed by atoms with E-state index in [0.29, 0.717) is 0 Å². The molecule has 0 bridgehead atoms. The molecule has 2 N–H and O–H groups in total. The molecular weight excluding hydrogens is 234 g/mol. The second-order valence-corrected chi connectivity index (χ2v) is 6.24. The number of fused-ring (bicyclic) bond motifs is 1. The molecule has 0 atom stereocenters. The molecule has 0 amide bonds. The van der Waals surface area contributed by atoms with Crippen molar-refractivity contribution in [2.45, 2.75) is 63.3 Å². The molecule has 0 aromatic heterocycles. The van der Waals surface area contributed by atoms with Gasteiger partial charge in [0.15, 0.2) is 5.78 Å². The molecule has 1 aromatic carbocycles. The number of carbonyl (C=O) groups excluding carboxylic acids is 1. The van der Waals surface area contributed by atoms with E-state index in [1.807, 2.05) is 6.07 Å². The molecule has 0 spiro atoms. The summed E-state index contributed by atoms with van der Waals surface area (Å²) in [6.07, 6.45) is 9.91. The fourth-order valence-corrected chi connectivity index (χ4v) is 3.57. The van der Waals surface area contributed by atoms with Crippen LogP contribution in [0.2, 0.25) is 0 Å². The maximum atomic E-state index is 12.7. The van der Waals surface area contributed by atoms with Crippen LogP contribution in [0.5, 0.6) is 0 Å². The minimum Gasteiger partial charge on any atom is -0.319 e. The highest BCUT2D eigenvalue weighted by Crippen LogP contribution is 2.30. The number of Topliss-reactive ketones (excluding diaryl/α,β-unsaturated/α-hetero) is 1. The van der Waals surface area contributed by atoms with Crippen LogP contribution in [0.3, 0.4) is 0 Å². The highest BCUT2D eigenvalue weighted by molar-refractivity contribution is 6.03. The van der Waals surface area contributed by atoms with Gasteiger partial charge in [0.1, 0.15) is 0 Å². The first-order chi connectivity index (χ1) is 9.19. The summed E-state index contributed by atoms with van der Waals surface area (Å²) < 4.78 is 0. The Morgan fingerprint density at radius 1 is 0.947 bits per heavy atom. The topological polar surface area (TPSA) is 43.1 Å². The molecule has 0 saturated heterocycles. The van der Waals surface area contributed by atoms with Gasteiger partial charge in [0, 0.05) is 5.56 Å². The lowest BCUT2D eigenvalue weighted by atomic mass is 9.76. The minimum absolute atomic E-state index is 0.167. The van der Waals surface area contributed by atoms with Crippen molar-refractivity contribution in [3.05, 3.63) is 34.9 Å². The van der Waals surface area contributed by atoms with Gasteiger partial charge in [-0.15, -0.1) is 0 Å². The zero-order valence-electron chi connectivity index (χ0n) is 11.6. The van der Waals surface area contributed by atoms with Crippen molar-refractivity contribution in [3.63, 3.8) is 0 Å². The second kappa shape index (κ2) is 5.09. The summed E-state index contributed by atoms with van der Waals surface area (Å²) in [6, 6.07) is 6.25. The summed E-state index contributed by atoms with van der Waals surface area (Å²) in [5.74, 6) is 0.167. The molecule has 1 fully saturated rings. The van der Waals surface area contributed by atoms with Crippen molar-refractivity contribution in [2.75, 3.05) is 0 Å². The Morgan fingerprint density at radius 3 is 2.37 bits per heavy atom. The van der Waals surface area contributed by atoms with E-state index in [2.05, 4.69) is 12.1 Å². The quantitative estimate of drug-likeness (QED) is 0.825. The number of ketones is 1. The summed E-state index contributed by atoms with van der Waals surface area (Å²) in [7, 11) is 0. The molecule has 0 unspecified atom stereocenters. The van der Waals surface area contributed by atoms with Crippen molar-refractivity contribution in [1.82, 2.24) is 0 Å². The number of rotatable bonds is 2. The number of carbonyl (C=O) groups is 1. The SMILES string of the molecule is NC1(C(=O)c2ccc3c(c2)CCCC3)CCCCC1. The predicted octanol–water partition coefficient (Wildman–Crippen LogP) is 3.41. The highest BCUT2D eigenvalue weighted by atomic mass is 16.1. The van der Waals surface area contributed by atoms with E-state index >= 15 is 0 Å². The lowest BCUT2D eigenvalue weighted by molar-refractivity contribution is 0.0848. The van der Waals surface area contributed by atoms with E-state index in [0.717, 1.165) is 44.1 Å². The van der Waals surface area contributed by atoms with Crippen LogP contribution in [0.25, 0.3) is 0 Å². The van der Waals surface area contributed by atoms with Gasteiger partial charge in [-0.25, -0.2) is 0 Å². The Hall–Kier alpha value is -1.15. The first-order valence-corrected chi connectivity index (χ1v) is 7.65. The van der Waals surface area contributed by atoms with Gasteiger partial charge < -0.3 is 5.73 Å². The third kappa shape index (κ3) is 2.46. The fraction of sp³-hybridized carbons (Fsp3) is 0.588. The highest BCUT2D eigenvalue weighted by Gasteiger charge is 2.35. The van der Waals surface area contributed by atoms with E-state index in [1.54, 1.807) is 0 Å². The van der Waals surface area contributed by atoms with Crippen LogP contribution in [0.1, 0.15) is 66.4 Å². The van der Waals surface area contributed by atoms with Crippen LogP contribution in [0.15, 0.2) is 18.2 Å².